The number of hydrogen-bond donors (Lipinski definition) is 1. The predicted octanol–water partition coefficient (Wildman–Crippen LogP) is 2.26. The van der Waals surface area contributed by atoms with Gasteiger partial charge in [-0.05, 0) is 60.5 Å². The molecule has 1 aliphatic rings. The highest BCUT2D eigenvalue weighted by atomic mass is 16.5. The Balaban J connectivity index is 2.34. The third kappa shape index (κ3) is 4.94. The number of ether oxygens (including phenoxy) is 1. The Morgan fingerprint density at radius 1 is 1.47 bits per heavy atom. The summed E-state index contributed by atoms with van der Waals surface area (Å²) in [4.78, 5) is 2.45. The maximum atomic E-state index is 5.49. The van der Waals surface area contributed by atoms with Crippen molar-refractivity contribution in [3.63, 3.8) is 0 Å². The highest BCUT2D eigenvalue weighted by Gasteiger charge is 2.26. The fourth-order valence-electron chi connectivity index (χ4n) is 2.72. The lowest BCUT2D eigenvalue weighted by Crippen LogP contribution is -2.49. The molecule has 0 bridgehead atoms. The second-order valence-electron chi connectivity index (χ2n) is 6.29. The van der Waals surface area contributed by atoms with E-state index in [9.17, 15) is 0 Å². The molecule has 0 aliphatic carbocycles. The van der Waals surface area contributed by atoms with E-state index < -0.39 is 0 Å². The van der Waals surface area contributed by atoms with Crippen LogP contribution in [0.25, 0.3) is 0 Å². The molecule has 1 rings (SSSR count). The minimum absolute atomic E-state index is 0.0243. The zero-order chi connectivity index (χ0) is 13.1. The zero-order valence-corrected chi connectivity index (χ0v) is 12.4. The molecule has 0 aromatic heterocycles. The summed E-state index contributed by atoms with van der Waals surface area (Å²) in [6, 6.07) is 1.89. The summed E-state index contributed by atoms with van der Waals surface area (Å²) < 4.78 is 5.49. The van der Waals surface area contributed by atoms with Crippen molar-refractivity contribution in [3.8, 4) is 0 Å². The molecule has 0 amide bonds. The first-order valence-electron chi connectivity index (χ1n) is 6.85. The number of nitrogens with one attached hydrogen (secondary N) is 1. The Labute approximate surface area is 107 Å². The molecule has 0 aromatic carbocycles. The monoisotopic (exact) mass is 242 g/mol. The maximum absolute atomic E-state index is 5.49. The van der Waals surface area contributed by atoms with Crippen molar-refractivity contribution >= 4 is 0 Å². The molecule has 1 N–H and O–H groups in total. The maximum Gasteiger partial charge on any atom is 0.0637 e. The zero-order valence-electron chi connectivity index (χ0n) is 12.4. The molecular formula is C14H30N2O. The van der Waals surface area contributed by atoms with E-state index in [2.05, 4.69) is 45.0 Å². The van der Waals surface area contributed by atoms with E-state index in [0.717, 1.165) is 6.42 Å². The summed E-state index contributed by atoms with van der Waals surface area (Å²) in [5.41, 5.74) is -0.0243. The van der Waals surface area contributed by atoms with E-state index in [-0.39, 0.29) is 5.60 Å². The Kier molecular flexibility index (Phi) is 5.42. The standard InChI is InChI=1S/C14H30N2O/c1-11(10-14(3,4)17-6)15-13-7-8-16(5)12(2)9-13/h11-13,15H,7-10H2,1-6H3. The van der Waals surface area contributed by atoms with Crippen LogP contribution in [0, 0.1) is 0 Å². The lowest BCUT2D eigenvalue weighted by molar-refractivity contribution is 0.00659. The molecule has 1 aliphatic heterocycles. The second kappa shape index (κ2) is 6.17. The fraction of sp³-hybridized carbons (Fsp3) is 1.00. The third-order valence-corrected chi connectivity index (χ3v) is 4.08. The largest absolute Gasteiger partial charge is 0.379 e. The lowest BCUT2D eigenvalue weighted by Gasteiger charge is -2.37. The molecule has 3 nitrogen and oxygen atoms in total. The average Bonchev–Trinajstić information content (AvgIpc) is 2.23. The molecule has 0 aromatic rings. The van der Waals surface area contributed by atoms with Crippen LogP contribution in [0.1, 0.15) is 47.0 Å². The third-order valence-electron chi connectivity index (χ3n) is 4.08. The van der Waals surface area contributed by atoms with Gasteiger partial charge >= 0.3 is 0 Å². The van der Waals surface area contributed by atoms with Crippen molar-refractivity contribution in [2.45, 2.75) is 70.7 Å². The molecule has 102 valence electrons. The minimum atomic E-state index is -0.0243. The highest BCUT2D eigenvalue weighted by molar-refractivity contribution is 4.84. The van der Waals surface area contributed by atoms with Gasteiger partial charge in [-0.2, -0.15) is 0 Å². The van der Waals surface area contributed by atoms with Crippen LogP contribution in [-0.4, -0.2) is 49.3 Å². The van der Waals surface area contributed by atoms with Gasteiger partial charge in [0.25, 0.3) is 0 Å². The van der Waals surface area contributed by atoms with Gasteiger partial charge in [0.15, 0.2) is 0 Å². The van der Waals surface area contributed by atoms with Gasteiger partial charge in [0.1, 0.15) is 0 Å². The molecule has 3 heteroatoms. The number of nitrogens with zero attached hydrogens (tertiary/aromatic N) is 1. The van der Waals surface area contributed by atoms with Crippen LogP contribution >= 0.6 is 0 Å². The van der Waals surface area contributed by atoms with Crippen molar-refractivity contribution in [2.75, 3.05) is 20.7 Å². The average molecular weight is 242 g/mol. The van der Waals surface area contributed by atoms with E-state index in [1.165, 1.54) is 19.4 Å². The number of piperidine rings is 1. The van der Waals surface area contributed by atoms with Crippen molar-refractivity contribution in [1.82, 2.24) is 10.2 Å². The van der Waals surface area contributed by atoms with Crippen LogP contribution in [0.4, 0.5) is 0 Å². The predicted molar refractivity (Wildman–Crippen MR) is 73.4 cm³/mol. The molecule has 3 atom stereocenters. The van der Waals surface area contributed by atoms with Gasteiger partial charge in [-0.1, -0.05) is 0 Å². The Morgan fingerprint density at radius 2 is 2.12 bits per heavy atom. The van der Waals surface area contributed by atoms with Crippen LogP contribution in [0.3, 0.4) is 0 Å². The summed E-state index contributed by atoms with van der Waals surface area (Å²) in [5.74, 6) is 0. The van der Waals surface area contributed by atoms with E-state index in [4.69, 9.17) is 4.74 Å². The number of hydrogen-bond acceptors (Lipinski definition) is 3. The van der Waals surface area contributed by atoms with Crippen molar-refractivity contribution < 1.29 is 4.74 Å². The smallest absolute Gasteiger partial charge is 0.0637 e. The van der Waals surface area contributed by atoms with Crippen LogP contribution in [0.15, 0.2) is 0 Å². The van der Waals surface area contributed by atoms with Gasteiger partial charge in [0.2, 0.25) is 0 Å². The molecule has 1 saturated heterocycles. The van der Waals surface area contributed by atoms with E-state index in [1.807, 2.05) is 0 Å². The summed E-state index contributed by atoms with van der Waals surface area (Å²) in [6.45, 7) is 10.1. The summed E-state index contributed by atoms with van der Waals surface area (Å²) in [5, 5.41) is 3.75. The number of likely N-dealkylation sites (tertiary alicyclic amines) is 1. The SMILES string of the molecule is COC(C)(C)CC(C)NC1CCN(C)C(C)C1. The van der Waals surface area contributed by atoms with Crippen LogP contribution < -0.4 is 5.32 Å². The van der Waals surface area contributed by atoms with Crippen molar-refractivity contribution in [1.29, 1.82) is 0 Å². The molecular weight excluding hydrogens is 212 g/mol. The van der Waals surface area contributed by atoms with Gasteiger partial charge in [0.05, 0.1) is 5.60 Å². The normalized spacial score (nSPS) is 29.3. The van der Waals surface area contributed by atoms with E-state index >= 15 is 0 Å². The first kappa shape index (κ1) is 14.9. The van der Waals surface area contributed by atoms with Crippen LogP contribution in [-0.2, 0) is 4.74 Å². The minimum Gasteiger partial charge on any atom is -0.379 e. The van der Waals surface area contributed by atoms with Gasteiger partial charge in [-0.15, -0.1) is 0 Å². The number of rotatable bonds is 5. The fourth-order valence-corrected chi connectivity index (χ4v) is 2.72. The number of methoxy groups -OCH3 is 1. The topological polar surface area (TPSA) is 24.5 Å². The van der Waals surface area contributed by atoms with E-state index in [0.29, 0.717) is 18.1 Å². The Morgan fingerprint density at radius 3 is 2.65 bits per heavy atom. The first-order chi connectivity index (χ1) is 7.84. The van der Waals surface area contributed by atoms with Crippen molar-refractivity contribution in [3.05, 3.63) is 0 Å². The van der Waals surface area contributed by atoms with Crippen molar-refractivity contribution in [2.24, 2.45) is 0 Å². The Hall–Kier alpha value is -0.120. The van der Waals surface area contributed by atoms with Gasteiger partial charge in [0, 0.05) is 25.2 Å². The van der Waals surface area contributed by atoms with Gasteiger partial charge in [-0.25, -0.2) is 0 Å². The first-order valence-corrected chi connectivity index (χ1v) is 6.85. The molecule has 0 spiro atoms. The van der Waals surface area contributed by atoms with Crippen LogP contribution in [0.2, 0.25) is 0 Å². The molecule has 1 heterocycles. The summed E-state index contributed by atoms with van der Waals surface area (Å²) in [6.07, 6.45) is 3.58. The lowest BCUT2D eigenvalue weighted by atomic mass is 9.95. The quantitative estimate of drug-likeness (QED) is 0.800. The van der Waals surface area contributed by atoms with E-state index in [1.54, 1.807) is 7.11 Å². The molecule has 0 radical (unpaired) electrons. The van der Waals surface area contributed by atoms with Crippen LogP contribution in [0.5, 0.6) is 0 Å². The molecule has 3 unspecified atom stereocenters. The molecule has 0 saturated carbocycles. The molecule has 17 heavy (non-hydrogen) atoms. The molecule has 1 fully saturated rings. The second-order valence-corrected chi connectivity index (χ2v) is 6.29. The van der Waals surface area contributed by atoms with Gasteiger partial charge in [-0.3, -0.25) is 0 Å². The Bertz CT molecular complexity index is 230. The highest BCUT2D eigenvalue weighted by Crippen LogP contribution is 2.19. The summed E-state index contributed by atoms with van der Waals surface area (Å²) in [7, 11) is 4.02. The summed E-state index contributed by atoms with van der Waals surface area (Å²) >= 11 is 0. The van der Waals surface area contributed by atoms with Gasteiger partial charge < -0.3 is 15.0 Å².